The molecule has 1 heterocycles. The van der Waals surface area contributed by atoms with Crippen LogP contribution in [0, 0.1) is 0 Å². The lowest BCUT2D eigenvalue weighted by Gasteiger charge is -2.05. The van der Waals surface area contributed by atoms with E-state index in [2.05, 4.69) is 10.3 Å². The molecule has 0 aliphatic heterocycles. The first-order valence-corrected chi connectivity index (χ1v) is 7.53. The zero-order valence-electron chi connectivity index (χ0n) is 11.0. The minimum absolute atomic E-state index is 0.0852. The maximum atomic E-state index is 12.5. The van der Waals surface area contributed by atoms with Gasteiger partial charge < -0.3 is 10.3 Å². The number of nitrogens with one attached hydrogen (secondary N) is 2. The third kappa shape index (κ3) is 2.30. The van der Waals surface area contributed by atoms with Crippen molar-refractivity contribution in [3.63, 3.8) is 0 Å². The van der Waals surface area contributed by atoms with Crippen LogP contribution in [0.15, 0.2) is 59.6 Å². The first kappa shape index (κ1) is 12.8. The van der Waals surface area contributed by atoms with Crippen LogP contribution in [-0.2, 0) is 0 Å². The van der Waals surface area contributed by atoms with Crippen LogP contribution in [0.5, 0.6) is 0 Å². The normalized spacial score (nSPS) is 10.7. The molecular weight excluding hydrogens is 268 g/mol. The first-order chi connectivity index (χ1) is 9.79. The number of carbonyl (C=O) groups excluding carboxylic acids is 1. The van der Waals surface area contributed by atoms with Crippen LogP contribution in [0.2, 0.25) is 0 Å². The van der Waals surface area contributed by atoms with Gasteiger partial charge in [-0.3, -0.25) is 4.79 Å². The largest absolute Gasteiger partial charge is 0.349 e. The van der Waals surface area contributed by atoms with Crippen molar-refractivity contribution in [1.29, 1.82) is 0 Å². The number of H-pyrrole nitrogens is 1. The van der Waals surface area contributed by atoms with E-state index in [4.69, 9.17) is 0 Å². The molecule has 0 atom stereocenters. The van der Waals surface area contributed by atoms with Crippen molar-refractivity contribution < 1.29 is 4.79 Å². The second kappa shape index (κ2) is 5.43. The number of hydrogen-bond acceptors (Lipinski definition) is 2. The molecule has 0 fully saturated rings. The molecule has 3 rings (SSSR count). The van der Waals surface area contributed by atoms with E-state index < -0.39 is 0 Å². The summed E-state index contributed by atoms with van der Waals surface area (Å²) in [7, 11) is 0. The van der Waals surface area contributed by atoms with E-state index in [-0.39, 0.29) is 5.91 Å². The molecule has 4 heteroatoms. The monoisotopic (exact) mass is 282 g/mol. The van der Waals surface area contributed by atoms with Gasteiger partial charge in [0.05, 0.1) is 10.6 Å². The molecule has 1 aromatic heterocycles. The standard InChI is InChI=1S/C16H14N2OS/c1-20-16-14(12-9-5-6-10-13(12)18-16)15(19)17-11-7-3-2-4-8-11/h2-10,18H,1H3,(H,17,19). The maximum absolute atomic E-state index is 12.5. The van der Waals surface area contributed by atoms with Gasteiger partial charge >= 0.3 is 0 Å². The summed E-state index contributed by atoms with van der Waals surface area (Å²) in [6.45, 7) is 0. The Morgan fingerprint density at radius 3 is 2.50 bits per heavy atom. The van der Waals surface area contributed by atoms with Crippen molar-refractivity contribution in [1.82, 2.24) is 4.98 Å². The van der Waals surface area contributed by atoms with E-state index in [1.54, 1.807) is 11.8 Å². The highest BCUT2D eigenvalue weighted by atomic mass is 32.2. The summed E-state index contributed by atoms with van der Waals surface area (Å²) in [6.07, 6.45) is 1.96. The number of benzene rings is 2. The van der Waals surface area contributed by atoms with E-state index in [9.17, 15) is 4.79 Å². The third-order valence-electron chi connectivity index (χ3n) is 3.13. The number of aromatic amines is 1. The van der Waals surface area contributed by atoms with Crippen molar-refractivity contribution in [2.75, 3.05) is 11.6 Å². The zero-order valence-corrected chi connectivity index (χ0v) is 11.8. The van der Waals surface area contributed by atoms with Crippen molar-refractivity contribution >= 4 is 34.3 Å². The van der Waals surface area contributed by atoms with Gasteiger partial charge in [-0.15, -0.1) is 11.8 Å². The average Bonchev–Trinajstić information content (AvgIpc) is 2.86. The molecule has 1 amide bonds. The Kier molecular flexibility index (Phi) is 3.48. The molecule has 0 aliphatic rings. The molecule has 3 nitrogen and oxygen atoms in total. The summed E-state index contributed by atoms with van der Waals surface area (Å²) in [4.78, 5) is 15.8. The summed E-state index contributed by atoms with van der Waals surface area (Å²) < 4.78 is 0. The molecule has 0 aliphatic carbocycles. The second-order valence-electron chi connectivity index (χ2n) is 4.40. The molecule has 2 aromatic carbocycles. The Labute approximate surface area is 121 Å². The van der Waals surface area contributed by atoms with E-state index in [1.165, 1.54) is 0 Å². The molecule has 0 saturated heterocycles. The van der Waals surface area contributed by atoms with Gasteiger partial charge in [-0.1, -0.05) is 36.4 Å². The fourth-order valence-corrected chi connectivity index (χ4v) is 2.83. The van der Waals surface area contributed by atoms with Crippen LogP contribution in [-0.4, -0.2) is 17.1 Å². The smallest absolute Gasteiger partial charge is 0.259 e. The van der Waals surface area contributed by atoms with E-state index in [0.717, 1.165) is 21.6 Å². The molecule has 100 valence electrons. The van der Waals surface area contributed by atoms with Gasteiger partial charge in [-0.05, 0) is 24.5 Å². The molecular formula is C16H14N2OS. The SMILES string of the molecule is CSc1[nH]c2ccccc2c1C(=O)Nc1ccccc1. The average molecular weight is 282 g/mol. The summed E-state index contributed by atoms with van der Waals surface area (Å²) in [5.41, 5.74) is 2.49. The molecule has 0 bridgehead atoms. The Morgan fingerprint density at radius 1 is 1.05 bits per heavy atom. The molecule has 0 saturated carbocycles. The van der Waals surface area contributed by atoms with E-state index in [0.29, 0.717) is 5.56 Å². The topological polar surface area (TPSA) is 44.9 Å². The molecule has 3 aromatic rings. The Hall–Kier alpha value is -2.20. The lowest BCUT2D eigenvalue weighted by molar-refractivity contribution is 0.102. The number of anilines is 1. The van der Waals surface area contributed by atoms with Gasteiger partial charge in [-0.25, -0.2) is 0 Å². The number of carbonyl (C=O) groups is 1. The number of aromatic nitrogens is 1. The number of amides is 1. The first-order valence-electron chi connectivity index (χ1n) is 6.30. The number of fused-ring (bicyclic) bond motifs is 1. The van der Waals surface area contributed by atoms with Crippen LogP contribution in [0.3, 0.4) is 0 Å². The minimum Gasteiger partial charge on any atom is -0.349 e. The quantitative estimate of drug-likeness (QED) is 0.709. The van der Waals surface area contributed by atoms with Crippen LogP contribution >= 0.6 is 11.8 Å². The van der Waals surface area contributed by atoms with Gasteiger partial charge in [0, 0.05) is 16.6 Å². The summed E-state index contributed by atoms with van der Waals surface area (Å²) in [5, 5.41) is 4.78. The lowest BCUT2D eigenvalue weighted by Crippen LogP contribution is -2.12. The van der Waals surface area contributed by atoms with E-state index in [1.807, 2.05) is 60.9 Å². The van der Waals surface area contributed by atoms with Crippen molar-refractivity contribution in [2.45, 2.75) is 5.03 Å². The van der Waals surface area contributed by atoms with Crippen molar-refractivity contribution in [3.8, 4) is 0 Å². The predicted octanol–water partition coefficient (Wildman–Crippen LogP) is 4.14. The molecule has 2 N–H and O–H groups in total. The maximum Gasteiger partial charge on any atom is 0.259 e. The van der Waals surface area contributed by atoms with Crippen LogP contribution in [0.1, 0.15) is 10.4 Å². The molecule has 0 unspecified atom stereocenters. The fourth-order valence-electron chi connectivity index (χ4n) is 2.21. The fraction of sp³-hybridized carbons (Fsp3) is 0.0625. The van der Waals surface area contributed by atoms with Crippen molar-refractivity contribution in [3.05, 3.63) is 60.2 Å². The molecule has 0 radical (unpaired) electrons. The summed E-state index contributed by atoms with van der Waals surface area (Å²) in [5.74, 6) is -0.0852. The van der Waals surface area contributed by atoms with E-state index >= 15 is 0 Å². The highest BCUT2D eigenvalue weighted by Gasteiger charge is 2.17. The number of para-hydroxylation sites is 2. The van der Waals surface area contributed by atoms with Crippen LogP contribution < -0.4 is 5.32 Å². The van der Waals surface area contributed by atoms with Crippen molar-refractivity contribution in [2.24, 2.45) is 0 Å². The predicted molar refractivity (Wildman–Crippen MR) is 84.5 cm³/mol. The molecule has 0 spiro atoms. The number of hydrogen-bond donors (Lipinski definition) is 2. The van der Waals surface area contributed by atoms with Gasteiger partial charge in [-0.2, -0.15) is 0 Å². The number of rotatable bonds is 3. The lowest BCUT2D eigenvalue weighted by atomic mass is 10.1. The summed E-state index contributed by atoms with van der Waals surface area (Å²) in [6, 6.07) is 17.3. The van der Waals surface area contributed by atoms with Crippen LogP contribution in [0.25, 0.3) is 10.9 Å². The Bertz CT molecular complexity index is 750. The van der Waals surface area contributed by atoms with Gasteiger partial charge in [0.25, 0.3) is 5.91 Å². The Balaban J connectivity index is 2.02. The van der Waals surface area contributed by atoms with Gasteiger partial charge in [0.2, 0.25) is 0 Å². The number of thioether (sulfide) groups is 1. The van der Waals surface area contributed by atoms with Crippen LogP contribution in [0.4, 0.5) is 5.69 Å². The third-order valence-corrected chi connectivity index (χ3v) is 3.85. The Morgan fingerprint density at radius 2 is 1.75 bits per heavy atom. The molecule has 20 heavy (non-hydrogen) atoms. The summed E-state index contributed by atoms with van der Waals surface area (Å²) >= 11 is 1.54. The highest BCUT2D eigenvalue weighted by molar-refractivity contribution is 7.98. The zero-order chi connectivity index (χ0) is 13.9. The van der Waals surface area contributed by atoms with Gasteiger partial charge in [0.1, 0.15) is 0 Å². The highest BCUT2D eigenvalue weighted by Crippen LogP contribution is 2.29. The second-order valence-corrected chi connectivity index (χ2v) is 5.22. The van der Waals surface area contributed by atoms with Gasteiger partial charge in [0.15, 0.2) is 0 Å². The minimum atomic E-state index is -0.0852.